The number of sulfonamides is 1. The van der Waals surface area contributed by atoms with Crippen molar-refractivity contribution < 1.29 is 21.6 Å². The Balaban J connectivity index is 2.31. The molecular weight excluding hydrogens is 338 g/mol. The van der Waals surface area contributed by atoms with E-state index in [-0.39, 0.29) is 21.3 Å². The summed E-state index contributed by atoms with van der Waals surface area (Å²) in [6, 6.07) is 11.0. The van der Waals surface area contributed by atoms with Gasteiger partial charge >= 0.3 is 0 Å². The van der Waals surface area contributed by atoms with Crippen molar-refractivity contribution in [3.05, 3.63) is 54.1 Å². The van der Waals surface area contributed by atoms with Crippen molar-refractivity contribution in [2.45, 2.75) is 16.7 Å². The normalized spacial score (nSPS) is 11.9. The number of carbonyl (C=O) groups is 1. The van der Waals surface area contributed by atoms with E-state index >= 15 is 0 Å². The Kier molecular flexibility index (Phi) is 4.58. The van der Waals surface area contributed by atoms with Crippen LogP contribution in [0.2, 0.25) is 0 Å². The predicted molar refractivity (Wildman–Crippen MR) is 86.8 cm³/mol. The van der Waals surface area contributed by atoms with Crippen LogP contribution in [0.5, 0.6) is 0 Å². The quantitative estimate of drug-likeness (QED) is 0.830. The maximum atomic E-state index is 12.3. The van der Waals surface area contributed by atoms with Crippen LogP contribution in [0.1, 0.15) is 17.3 Å². The van der Waals surface area contributed by atoms with Crippen LogP contribution in [0.3, 0.4) is 0 Å². The molecule has 6 nitrogen and oxygen atoms in total. The molecule has 2 aromatic carbocycles. The lowest BCUT2D eigenvalue weighted by molar-refractivity contribution is 0.101. The molecule has 0 bridgehead atoms. The fourth-order valence-corrected chi connectivity index (χ4v) is 3.60. The number of anilines is 1. The molecule has 0 spiro atoms. The van der Waals surface area contributed by atoms with E-state index in [2.05, 4.69) is 4.72 Å². The van der Waals surface area contributed by atoms with Crippen molar-refractivity contribution >= 4 is 31.3 Å². The summed E-state index contributed by atoms with van der Waals surface area (Å²) in [7, 11) is -7.21. The van der Waals surface area contributed by atoms with E-state index < -0.39 is 19.9 Å². The van der Waals surface area contributed by atoms with Gasteiger partial charge < -0.3 is 0 Å². The molecule has 0 saturated heterocycles. The molecule has 0 aromatic heterocycles. The molecule has 2 aromatic rings. The number of Topliss-reactive ketones (excluding diaryl/α,β-unsaturated/α-hetero) is 1. The maximum absolute atomic E-state index is 12.3. The summed E-state index contributed by atoms with van der Waals surface area (Å²) in [6.45, 7) is 1.35. The number of benzene rings is 2. The third kappa shape index (κ3) is 4.17. The third-order valence-electron chi connectivity index (χ3n) is 3.09. The highest BCUT2D eigenvalue weighted by atomic mass is 32.2. The standard InChI is InChI=1S/C15H15NO5S2/c1-11(17)12-4-3-5-15(10-12)23(20,21)16-13-6-8-14(9-7-13)22(2,18)19/h3-10,16H,1-2H3. The van der Waals surface area contributed by atoms with E-state index in [1.54, 1.807) is 0 Å². The van der Waals surface area contributed by atoms with Gasteiger partial charge in [0, 0.05) is 17.5 Å². The molecule has 0 saturated carbocycles. The van der Waals surface area contributed by atoms with Gasteiger partial charge in [-0.2, -0.15) is 0 Å². The highest BCUT2D eigenvalue weighted by molar-refractivity contribution is 7.92. The Hall–Kier alpha value is -2.19. The van der Waals surface area contributed by atoms with E-state index in [1.807, 2.05) is 0 Å². The number of ketones is 1. The maximum Gasteiger partial charge on any atom is 0.261 e. The summed E-state index contributed by atoms with van der Waals surface area (Å²) in [5.74, 6) is -0.237. The lowest BCUT2D eigenvalue weighted by Crippen LogP contribution is -2.13. The Labute approximate surface area is 135 Å². The highest BCUT2D eigenvalue weighted by Crippen LogP contribution is 2.19. The van der Waals surface area contributed by atoms with Crippen LogP contribution < -0.4 is 4.72 Å². The second kappa shape index (κ2) is 6.13. The van der Waals surface area contributed by atoms with E-state index in [4.69, 9.17) is 0 Å². The number of nitrogens with one attached hydrogen (secondary N) is 1. The van der Waals surface area contributed by atoms with Crippen LogP contribution in [0, 0.1) is 0 Å². The molecule has 0 fully saturated rings. The third-order valence-corrected chi connectivity index (χ3v) is 5.59. The first kappa shape index (κ1) is 17.2. The van der Waals surface area contributed by atoms with Crippen molar-refractivity contribution in [1.82, 2.24) is 0 Å². The molecule has 2 rings (SSSR count). The summed E-state index contributed by atoms with van der Waals surface area (Å²) in [5.41, 5.74) is 0.519. The zero-order valence-electron chi connectivity index (χ0n) is 12.5. The van der Waals surface area contributed by atoms with Crippen LogP contribution in [0.4, 0.5) is 5.69 Å². The molecule has 23 heavy (non-hydrogen) atoms. The van der Waals surface area contributed by atoms with Crippen molar-refractivity contribution in [2.75, 3.05) is 11.0 Å². The summed E-state index contributed by atoms with van der Waals surface area (Å²) in [5, 5.41) is 0. The zero-order valence-corrected chi connectivity index (χ0v) is 14.1. The van der Waals surface area contributed by atoms with E-state index in [0.29, 0.717) is 5.56 Å². The minimum atomic E-state index is -3.87. The van der Waals surface area contributed by atoms with Gasteiger partial charge in [0.1, 0.15) is 0 Å². The van der Waals surface area contributed by atoms with Gasteiger partial charge in [0.25, 0.3) is 10.0 Å². The molecule has 0 atom stereocenters. The fraction of sp³-hybridized carbons (Fsp3) is 0.133. The Bertz CT molecular complexity index is 946. The number of carbonyl (C=O) groups excluding carboxylic acids is 1. The lowest BCUT2D eigenvalue weighted by Gasteiger charge is -2.09. The second-order valence-corrected chi connectivity index (χ2v) is 8.68. The largest absolute Gasteiger partial charge is 0.295 e. The van der Waals surface area contributed by atoms with Crippen molar-refractivity contribution in [1.29, 1.82) is 0 Å². The van der Waals surface area contributed by atoms with Gasteiger partial charge in [-0.25, -0.2) is 16.8 Å². The molecular formula is C15H15NO5S2. The summed E-state index contributed by atoms with van der Waals surface area (Å²) >= 11 is 0. The molecule has 0 heterocycles. The topological polar surface area (TPSA) is 97.4 Å². The zero-order chi connectivity index (χ0) is 17.3. The van der Waals surface area contributed by atoms with Gasteiger partial charge in [0.2, 0.25) is 0 Å². The SMILES string of the molecule is CC(=O)c1cccc(S(=O)(=O)Nc2ccc(S(C)(=O)=O)cc2)c1. The van der Waals surface area contributed by atoms with E-state index in [1.165, 1.54) is 55.5 Å². The summed E-state index contributed by atoms with van der Waals surface area (Å²) < 4.78 is 49.7. The van der Waals surface area contributed by atoms with Crippen molar-refractivity contribution in [3.8, 4) is 0 Å². The Morgan fingerprint density at radius 2 is 1.52 bits per heavy atom. The molecule has 1 N–H and O–H groups in total. The van der Waals surface area contributed by atoms with Gasteiger partial charge in [-0.15, -0.1) is 0 Å². The van der Waals surface area contributed by atoms with Crippen molar-refractivity contribution in [3.63, 3.8) is 0 Å². The summed E-state index contributed by atoms with van der Waals surface area (Å²) in [4.78, 5) is 11.4. The first-order valence-corrected chi connectivity index (χ1v) is 9.91. The molecule has 0 aliphatic carbocycles. The Morgan fingerprint density at radius 1 is 0.913 bits per heavy atom. The van der Waals surface area contributed by atoms with Crippen LogP contribution in [0.15, 0.2) is 58.3 Å². The minimum absolute atomic E-state index is 0.0441. The second-order valence-electron chi connectivity index (χ2n) is 4.99. The Morgan fingerprint density at radius 3 is 2.04 bits per heavy atom. The molecule has 0 amide bonds. The first-order valence-electron chi connectivity index (χ1n) is 6.53. The highest BCUT2D eigenvalue weighted by Gasteiger charge is 2.16. The molecule has 8 heteroatoms. The summed E-state index contributed by atoms with van der Waals surface area (Å²) in [6.07, 6.45) is 1.07. The number of hydrogen-bond donors (Lipinski definition) is 1. The predicted octanol–water partition coefficient (Wildman–Crippen LogP) is 2.09. The molecule has 0 unspecified atom stereocenters. The van der Waals surface area contributed by atoms with E-state index in [9.17, 15) is 21.6 Å². The van der Waals surface area contributed by atoms with Crippen LogP contribution in [0.25, 0.3) is 0 Å². The monoisotopic (exact) mass is 353 g/mol. The van der Waals surface area contributed by atoms with E-state index in [0.717, 1.165) is 6.26 Å². The number of hydrogen-bond acceptors (Lipinski definition) is 5. The van der Waals surface area contributed by atoms with Gasteiger partial charge in [-0.1, -0.05) is 12.1 Å². The fourth-order valence-electron chi connectivity index (χ4n) is 1.87. The number of rotatable bonds is 5. The first-order chi connectivity index (χ1) is 10.6. The van der Waals surface area contributed by atoms with Gasteiger partial charge in [-0.3, -0.25) is 9.52 Å². The molecule has 0 radical (unpaired) electrons. The minimum Gasteiger partial charge on any atom is -0.295 e. The number of sulfone groups is 1. The van der Waals surface area contributed by atoms with Gasteiger partial charge in [0.05, 0.1) is 9.79 Å². The van der Waals surface area contributed by atoms with Gasteiger partial charge in [-0.05, 0) is 43.3 Å². The van der Waals surface area contributed by atoms with Gasteiger partial charge in [0.15, 0.2) is 15.6 Å². The average Bonchev–Trinajstić information content (AvgIpc) is 2.46. The molecule has 122 valence electrons. The smallest absolute Gasteiger partial charge is 0.261 e. The lowest BCUT2D eigenvalue weighted by atomic mass is 10.2. The van der Waals surface area contributed by atoms with Crippen molar-refractivity contribution in [2.24, 2.45) is 0 Å². The molecule has 0 aliphatic rings. The molecule has 0 aliphatic heterocycles. The van der Waals surface area contributed by atoms with Crippen LogP contribution >= 0.6 is 0 Å². The average molecular weight is 353 g/mol. The van der Waals surface area contributed by atoms with Crippen LogP contribution in [-0.4, -0.2) is 28.9 Å². The van der Waals surface area contributed by atoms with Crippen LogP contribution in [-0.2, 0) is 19.9 Å².